The van der Waals surface area contributed by atoms with Gasteiger partial charge in [-0.2, -0.15) is 0 Å². The van der Waals surface area contributed by atoms with E-state index in [1.165, 1.54) is 0 Å². The van der Waals surface area contributed by atoms with Crippen LogP contribution in [-0.4, -0.2) is 55.9 Å². The summed E-state index contributed by atoms with van der Waals surface area (Å²) in [5, 5.41) is 12.8. The maximum atomic E-state index is 14.3. The van der Waals surface area contributed by atoms with Crippen molar-refractivity contribution < 1.29 is 24.1 Å². The number of rotatable bonds is 16. The molecule has 3 N–H and O–H groups in total. The molecule has 0 fully saturated rings. The van der Waals surface area contributed by atoms with E-state index in [1.54, 1.807) is 19.2 Å². The molecule has 1 heterocycles. The molecule has 0 spiro atoms. The summed E-state index contributed by atoms with van der Waals surface area (Å²) in [6, 6.07) is 22.4. The second kappa shape index (κ2) is 16.1. The Labute approximate surface area is 259 Å². The zero-order valence-electron chi connectivity index (χ0n) is 23.9. The van der Waals surface area contributed by atoms with E-state index >= 15 is 0 Å². The topological polar surface area (TPSA) is 150 Å². The van der Waals surface area contributed by atoms with Crippen LogP contribution < -0.4 is 15.6 Å². The Kier molecular flexibility index (Phi) is 12.0. The molecule has 3 aromatic rings. The first kappa shape index (κ1) is 32.0. The molecule has 0 radical (unpaired) electrons. The molecule has 0 aromatic heterocycles. The number of aliphatic hydroxyl groups is 1. The van der Waals surface area contributed by atoms with Gasteiger partial charge in [-0.15, -0.1) is 0 Å². The molecule has 1 aliphatic rings. The van der Waals surface area contributed by atoms with Gasteiger partial charge in [0.05, 0.1) is 13.2 Å². The average Bonchev–Trinajstić information content (AvgIpc) is 3.41. The molecule has 11 nitrogen and oxygen atoms in total. The van der Waals surface area contributed by atoms with Gasteiger partial charge in [0.1, 0.15) is 5.75 Å². The molecule has 12 heteroatoms. The van der Waals surface area contributed by atoms with Crippen LogP contribution >= 0.6 is 15.9 Å². The minimum Gasteiger partial charge on any atom is -0.494 e. The Bertz CT molecular complexity index is 1450. The first-order valence-electron chi connectivity index (χ1n) is 14.0. The van der Waals surface area contributed by atoms with Crippen molar-refractivity contribution in [2.24, 2.45) is 10.1 Å². The zero-order valence-corrected chi connectivity index (χ0v) is 25.5. The van der Waals surface area contributed by atoms with Crippen molar-refractivity contribution >= 4 is 27.7 Å². The van der Waals surface area contributed by atoms with Crippen molar-refractivity contribution in [1.82, 2.24) is 10.9 Å². The number of hydrogen-bond donors (Lipinski definition) is 3. The van der Waals surface area contributed by atoms with E-state index in [4.69, 9.17) is 29.8 Å². The van der Waals surface area contributed by atoms with E-state index in [-0.39, 0.29) is 25.5 Å². The number of hydrogen-bond acceptors (Lipinski definition) is 8. The van der Waals surface area contributed by atoms with E-state index in [0.717, 1.165) is 21.2 Å². The predicted octanol–water partition coefficient (Wildman–Crippen LogP) is 5.18. The van der Waals surface area contributed by atoms with Crippen molar-refractivity contribution in [3.05, 3.63) is 110 Å². The summed E-state index contributed by atoms with van der Waals surface area (Å²) >= 11 is 3.66. The molecule has 0 bridgehead atoms. The third-order valence-corrected chi connectivity index (χ3v) is 7.67. The summed E-state index contributed by atoms with van der Waals surface area (Å²) in [7, 11) is 1.63. The van der Waals surface area contributed by atoms with Gasteiger partial charge in [0.2, 0.25) is 5.90 Å². The number of methoxy groups -OCH3 is 1. The first-order valence-corrected chi connectivity index (χ1v) is 14.8. The molecule has 0 aliphatic carbocycles. The molecular weight excluding hydrogens is 616 g/mol. The molecule has 1 aliphatic heterocycles. The van der Waals surface area contributed by atoms with Crippen LogP contribution in [0.2, 0.25) is 0 Å². The Hall–Kier alpha value is -3.93. The van der Waals surface area contributed by atoms with Crippen molar-refractivity contribution in [2.45, 2.75) is 37.5 Å². The number of nitrogens with one attached hydrogen (secondary N) is 2. The van der Waals surface area contributed by atoms with Gasteiger partial charge in [-0.05, 0) is 53.4 Å². The highest BCUT2D eigenvalue weighted by Crippen LogP contribution is 2.45. The molecular formula is C31H35BrN6O5. The SMILES string of the molecule is COCCCNNC(=O)[C@@]1(Cc2ccccc2CN=[N+]=[N-])N=C(c2ccc(OCCCO)cc2)O[C@H]1c1ccccc1Br. The second-order valence-corrected chi connectivity index (χ2v) is 10.7. The quantitative estimate of drug-likeness (QED) is 0.0639. The Balaban J connectivity index is 1.78. The van der Waals surface area contributed by atoms with Crippen LogP contribution in [0.4, 0.5) is 0 Å². The predicted molar refractivity (Wildman–Crippen MR) is 167 cm³/mol. The van der Waals surface area contributed by atoms with Gasteiger partial charge in [0.25, 0.3) is 5.91 Å². The fourth-order valence-corrected chi connectivity index (χ4v) is 5.28. The van der Waals surface area contributed by atoms with Gasteiger partial charge in [0.15, 0.2) is 11.6 Å². The monoisotopic (exact) mass is 650 g/mol. The molecule has 0 unspecified atom stereocenters. The van der Waals surface area contributed by atoms with Crippen LogP contribution in [0.15, 0.2) is 87.4 Å². The highest BCUT2D eigenvalue weighted by molar-refractivity contribution is 9.10. The molecule has 1 amide bonds. The molecule has 2 atom stereocenters. The number of azide groups is 1. The minimum absolute atomic E-state index is 0.0521. The summed E-state index contributed by atoms with van der Waals surface area (Å²) < 4.78 is 18.2. The van der Waals surface area contributed by atoms with E-state index < -0.39 is 11.6 Å². The van der Waals surface area contributed by atoms with Crippen molar-refractivity contribution in [3.63, 3.8) is 0 Å². The Morgan fingerprint density at radius 3 is 2.56 bits per heavy atom. The van der Waals surface area contributed by atoms with E-state index in [2.05, 4.69) is 36.8 Å². The lowest BCUT2D eigenvalue weighted by atomic mass is 9.81. The fraction of sp³-hybridized carbons (Fsp3) is 0.355. The molecule has 226 valence electrons. The molecule has 0 saturated carbocycles. The van der Waals surface area contributed by atoms with E-state index in [0.29, 0.717) is 49.8 Å². The third kappa shape index (κ3) is 8.13. The Morgan fingerprint density at radius 2 is 1.84 bits per heavy atom. The van der Waals surface area contributed by atoms with Crippen molar-refractivity contribution in [3.8, 4) is 5.75 Å². The van der Waals surface area contributed by atoms with Crippen LogP contribution in [0.1, 0.15) is 41.2 Å². The summed E-state index contributed by atoms with van der Waals surface area (Å²) in [5.74, 6) is 0.585. The Morgan fingerprint density at radius 1 is 1.09 bits per heavy atom. The van der Waals surface area contributed by atoms with Crippen molar-refractivity contribution in [2.75, 3.05) is 33.5 Å². The zero-order chi connectivity index (χ0) is 30.5. The first-order chi connectivity index (χ1) is 21.0. The van der Waals surface area contributed by atoms with Crippen LogP contribution in [0, 0.1) is 0 Å². The highest BCUT2D eigenvalue weighted by atomic mass is 79.9. The maximum absolute atomic E-state index is 14.3. The second-order valence-electron chi connectivity index (χ2n) is 9.87. The highest BCUT2D eigenvalue weighted by Gasteiger charge is 2.54. The largest absolute Gasteiger partial charge is 0.494 e. The molecule has 3 aromatic carbocycles. The molecule has 0 saturated heterocycles. The van der Waals surface area contributed by atoms with Gasteiger partial charge in [0, 0.05) is 60.2 Å². The van der Waals surface area contributed by atoms with Crippen LogP contribution in [0.5, 0.6) is 5.75 Å². The van der Waals surface area contributed by atoms with Crippen LogP contribution in [0.25, 0.3) is 10.4 Å². The number of aliphatic hydroxyl groups excluding tert-OH is 1. The number of carbonyl (C=O) groups is 1. The standard InChI is InChI=1S/C31H35BrN6O5/c1-41-18-6-16-34-37-30(40)31(20-23-8-2-3-9-24(23)21-35-38-33)28(26-10-4-5-11-27(26)32)43-29(36-31)22-12-14-25(15-13-22)42-19-7-17-39/h2-5,8-15,28,34,39H,6-7,16-21H2,1H3,(H,37,40)/t28-,31-/m0/s1. The fourth-order valence-electron chi connectivity index (χ4n) is 4.79. The number of hydrazine groups is 1. The van der Waals surface area contributed by atoms with E-state index in [9.17, 15) is 4.79 Å². The third-order valence-electron chi connectivity index (χ3n) is 6.95. The maximum Gasteiger partial charge on any atom is 0.266 e. The smallest absolute Gasteiger partial charge is 0.266 e. The molecule has 4 rings (SSSR count). The van der Waals surface area contributed by atoms with Gasteiger partial charge in [-0.25, -0.2) is 10.4 Å². The summed E-state index contributed by atoms with van der Waals surface area (Å²) in [4.78, 5) is 22.2. The van der Waals surface area contributed by atoms with E-state index in [1.807, 2.05) is 60.7 Å². The van der Waals surface area contributed by atoms with Crippen LogP contribution in [-0.2, 0) is 27.2 Å². The minimum atomic E-state index is -1.43. The van der Waals surface area contributed by atoms with Gasteiger partial charge in [-0.3, -0.25) is 10.2 Å². The van der Waals surface area contributed by atoms with Crippen LogP contribution in [0.3, 0.4) is 0 Å². The van der Waals surface area contributed by atoms with Gasteiger partial charge in [-0.1, -0.05) is 63.5 Å². The van der Waals surface area contributed by atoms with Gasteiger partial charge >= 0.3 is 0 Å². The lowest BCUT2D eigenvalue weighted by molar-refractivity contribution is -0.130. The normalized spacial score (nSPS) is 17.5. The number of carbonyl (C=O) groups excluding carboxylic acids is 1. The summed E-state index contributed by atoms with van der Waals surface area (Å²) in [6.45, 7) is 1.63. The summed E-state index contributed by atoms with van der Waals surface area (Å²) in [5.41, 5.74) is 16.5. The number of nitrogens with zero attached hydrogens (tertiary/aromatic N) is 4. The number of halogens is 1. The lowest BCUT2D eigenvalue weighted by Gasteiger charge is -2.32. The van der Waals surface area contributed by atoms with Gasteiger partial charge < -0.3 is 19.3 Å². The number of amides is 1. The number of benzene rings is 3. The number of ether oxygens (including phenoxy) is 3. The van der Waals surface area contributed by atoms with Crippen molar-refractivity contribution in [1.29, 1.82) is 0 Å². The lowest BCUT2D eigenvalue weighted by Crippen LogP contribution is -2.54. The summed E-state index contributed by atoms with van der Waals surface area (Å²) in [6.07, 6.45) is 0.605. The average molecular weight is 652 g/mol. The molecule has 43 heavy (non-hydrogen) atoms. The number of aliphatic imine (C=N–C) groups is 1.